The van der Waals surface area contributed by atoms with Crippen molar-refractivity contribution in [2.75, 3.05) is 36.0 Å². The molecule has 1 aliphatic heterocycles. The van der Waals surface area contributed by atoms with Crippen LogP contribution in [-0.4, -0.2) is 31.2 Å². The predicted molar refractivity (Wildman–Crippen MR) is 87.7 cm³/mol. The summed E-state index contributed by atoms with van der Waals surface area (Å²) in [4.78, 5) is 9.19. The minimum atomic E-state index is 0.0973. The molecule has 1 fully saturated rings. The van der Waals surface area contributed by atoms with Crippen LogP contribution in [0, 0.1) is 0 Å². The van der Waals surface area contributed by atoms with Crippen molar-refractivity contribution in [1.82, 2.24) is 4.98 Å². The number of hydrogen-bond donors (Lipinski definition) is 1. The lowest BCUT2D eigenvalue weighted by Crippen LogP contribution is -2.46. The molecule has 2 N–H and O–H groups in total. The van der Waals surface area contributed by atoms with E-state index in [0.717, 1.165) is 32.0 Å². The Balaban J connectivity index is 1.63. The Bertz CT molecular complexity index is 557. The predicted octanol–water partition coefficient (Wildman–Crippen LogP) is 2.43. The van der Waals surface area contributed by atoms with Crippen molar-refractivity contribution >= 4 is 11.5 Å². The number of hydrogen-bond acceptors (Lipinski definition) is 4. The molecule has 1 saturated heterocycles. The first-order valence-corrected chi connectivity index (χ1v) is 7.50. The van der Waals surface area contributed by atoms with E-state index >= 15 is 0 Å². The summed E-state index contributed by atoms with van der Waals surface area (Å²) < 4.78 is 0. The summed E-state index contributed by atoms with van der Waals surface area (Å²) >= 11 is 0. The Morgan fingerprint density at radius 2 is 1.62 bits per heavy atom. The number of rotatable bonds is 3. The van der Waals surface area contributed by atoms with Gasteiger partial charge in [-0.05, 0) is 36.8 Å². The van der Waals surface area contributed by atoms with E-state index < -0.39 is 0 Å². The highest BCUT2D eigenvalue weighted by atomic mass is 15.3. The van der Waals surface area contributed by atoms with Crippen molar-refractivity contribution in [1.29, 1.82) is 0 Å². The molecule has 0 unspecified atom stereocenters. The lowest BCUT2D eigenvalue weighted by molar-refractivity contribution is 0.647. The maximum atomic E-state index is 5.90. The van der Waals surface area contributed by atoms with Crippen LogP contribution in [0.25, 0.3) is 0 Å². The van der Waals surface area contributed by atoms with E-state index in [1.807, 2.05) is 25.3 Å². The quantitative estimate of drug-likeness (QED) is 0.939. The van der Waals surface area contributed by atoms with Crippen LogP contribution in [-0.2, 0) is 0 Å². The number of nitrogens with two attached hydrogens (primary N) is 1. The van der Waals surface area contributed by atoms with Crippen molar-refractivity contribution in [3.8, 4) is 0 Å². The number of pyridine rings is 1. The van der Waals surface area contributed by atoms with Gasteiger partial charge < -0.3 is 15.5 Å². The van der Waals surface area contributed by atoms with Gasteiger partial charge in [-0.25, -0.2) is 4.98 Å². The Hall–Kier alpha value is -2.07. The fourth-order valence-corrected chi connectivity index (χ4v) is 2.72. The molecule has 4 heteroatoms. The van der Waals surface area contributed by atoms with Crippen molar-refractivity contribution < 1.29 is 0 Å². The largest absolute Gasteiger partial charge is 0.368 e. The summed E-state index contributed by atoms with van der Waals surface area (Å²) in [5.41, 5.74) is 8.36. The second-order valence-corrected chi connectivity index (χ2v) is 5.54. The van der Waals surface area contributed by atoms with E-state index in [4.69, 9.17) is 5.73 Å². The van der Waals surface area contributed by atoms with E-state index in [0.29, 0.717) is 0 Å². The smallest absolute Gasteiger partial charge is 0.128 e. The SMILES string of the molecule is C[C@@H](N)c1ccc(N2CCN(c3ccccn3)CC2)cc1. The number of piperazine rings is 1. The fourth-order valence-electron chi connectivity index (χ4n) is 2.72. The van der Waals surface area contributed by atoms with E-state index in [2.05, 4.69) is 45.1 Å². The molecule has 0 amide bonds. The second kappa shape index (κ2) is 6.14. The topological polar surface area (TPSA) is 45.4 Å². The van der Waals surface area contributed by atoms with Gasteiger partial charge in [-0.1, -0.05) is 18.2 Å². The molecule has 110 valence electrons. The number of benzene rings is 1. The zero-order valence-corrected chi connectivity index (χ0v) is 12.4. The summed E-state index contributed by atoms with van der Waals surface area (Å²) in [6, 6.07) is 14.8. The number of nitrogens with zero attached hydrogens (tertiary/aromatic N) is 3. The van der Waals surface area contributed by atoms with Gasteiger partial charge in [0.2, 0.25) is 0 Å². The van der Waals surface area contributed by atoms with E-state index in [1.165, 1.54) is 11.3 Å². The van der Waals surface area contributed by atoms with Gasteiger partial charge in [0.15, 0.2) is 0 Å². The molecular formula is C17H22N4. The van der Waals surface area contributed by atoms with Gasteiger partial charge in [0, 0.05) is 44.1 Å². The van der Waals surface area contributed by atoms with Crippen molar-refractivity contribution in [2.45, 2.75) is 13.0 Å². The van der Waals surface area contributed by atoms with Crippen molar-refractivity contribution in [3.63, 3.8) is 0 Å². The molecule has 21 heavy (non-hydrogen) atoms. The molecule has 3 rings (SSSR count). The first kappa shape index (κ1) is 13.9. The van der Waals surface area contributed by atoms with Gasteiger partial charge in [-0.15, -0.1) is 0 Å². The average Bonchev–Trinajstić information content (AvgIpc) is 2.56. The minimum absolute atomic E-state index is 0.0973. The zero-order valence-electron chi connectivity index (χ0n) is 12.4. The highest BCUT2D eigenvalue weighted by molar-refractivity contribution is 5.50. The summed E-state index contributed by atoms with van der Waals surface area (Å²) in [7, 11) is 0. The maximum Gasteiger partial charge on any atom is 0.128 e. The molecule has 4 nitrogen and oxygen atoms in total. The van der Waals surface area contributed by atoms with E-state index in [1.54, 1.807) is 0 Å². The minimum Gasteiger partial charge on any atom is -0.368 e. The summed E-state index contributed by atoms with van der Waals surface area (Å²) in [6.45, 7) is 6.07. The van der Waals surface area contributed by atoms with Gasteiger partial charge in [-0.3, -0.25) is 0 Å². The molecule has 0 aliphatic carbocycles. The van der Waals surface area contributed by atoms with E-state index in [9.17, 15) is 0 Å². The fraction of sp³-hybridized carbons (Fsp3) is 0.353. The van der Waals surface area contributed by atoms with Crippen LogP contribution in [0.5, 0.6) is 0 Å². The number of anilines is 2. The molecule has 0 spiro atoms. The van der Waals surface area contributed by atoms with Crippen LogP contribution in [0.4, 0.5) is 11.5 Å². The van der Waals surface area contributed by atoms with Gasteiger partial charge in [0.25, 0.3) is 0 Å². The summed E-state index contributed by atoms with van der Waals surface area (Å²) in [6.07, 6.45) is 1.86. The van der Waals surface area contributed by atoms with Crippen LogP contribution >= 0.6 is 0 Å². The maximum absolute atomic E-state index is 5.90. The van der Waals surface area contributed by atoms with Crippen LogP contribution in [0.15, 0.2) is 48.7 Å². The molecule has 0 bridgehead atoms. The van der Waals surface area contributed by atoms with Crippen LogP contribution in [0.1, 0.15) is 18.5 Å². The second-order valence-electron chi connectivity index (χ2n) is 5.54. The molecule has 1 atom stereocenters. The summed E-state index contributed by atoms with van der Waals surface area (Å²) in [5, 5.41) is 0. The normalized spacial score (nSPS) is 16.9. The molecular weight excluding hydrogens is 260 g/mol. The van der Waals surface area contributed by atoms with Crippen LogP contribution in [0.3, 0.4) is 0 Å². The first-order valence-electron chi connectivity index (χ1n) is 7.50. The highest BCUT2D eigenvalue weighted by Gasteiger charge is 2.18. The monoisotopic (exact) mass is 282 g/mol. The lowest BCUT2D eigenvalue weighted by Gasteiger charge is -2.36. The third-order valence-corrected chi connectivity index (χ3v) is 4.04. The third kappa shape index (κ3) is 3.16. The molecule has 2 heterocycles. The Morgan fingerprint density at radius 1 is 0.952 bits per heavy atom. The van der Waals surface area contributed by atoms with Crippen LogP contribution in [0.2, 0.25) is 0 Å². The van der Waals surface area contributed by atoms with Gasteiger partial charge in [0.1, 0.15) is 5.82 Å². The molecule has 0 radical (unpaired) electrons. The van der Waals surface area contributed by atoms with Gasteiger partial charge in [0.05, 0.1) is 0 Å². The first-order chi connectivity index (χ1) is 10.2. The number of aromatic nitrogens is 1. The summed E-state index contributed by atoms with van der Waals surface area (Å²) in [5.74, 6) is 1.07. The Labute approximate surface area is 126 Å². The lowest BCUT2D eigenvalue weighted by atomic mass is 10.1. The molecule has 2 aromatic rings. The molecule has 1 aliphatic rings. The highest BCUT2D eigenvalue weighted by Crippen LogP contribution is 2.21. The zero-order chi connectivity index (χ0) is 14.7. The third-order valence-electron chi connectivity index (χ3n) is 4.04. The molecule has 1 aromatic carbocycles. The van der Waals surface area contributed by atoms with Gasteiger partial charge >= 0.3 is 0 Å². The van der Waals surface area contributed by atoms with Crippen LogP contribution < -0.4 is 15.5 Å². The van der Waals surface area contributed by atoms with Crippen molar-refractivity contribution in [2.24, 2.45) is 5.73 Å². The molecule has 1 aromatic heterocycles. The Morgan fingerprint density at radius 3 is 2.19 bits per heavy atom. The van der Waals surface area contributed by atoms with Crippen molar-refractivity contribution in [3.05, 3.63) is 54.2 Å². The van der Waals surface area contributed by atoms with Gasteiger partial charge in [-0.2, -0.15) is 0 Å². The molecule has 0 saturated carbocycles. The average molecular weight is 282 g/mol. The van der Waals surface area contributed by atoms with E-state index in [-0.39, 0.29) is 6.04 Å². The Kier molecular flexibility index (Phi) is 4.06. The standard InChI is InChI=1S/C17H22N4/c1-14(18)15-5-7-16(8-6-15)20-10-12-21(13-11-20)17-4-2-3-9-19-17/h2-9,14H,10-13,18H2,1H3/t14-/m1/s1.